The van der Waals surface area contributed by atoms with E-state index in [1.165, 1.54) is 6.07 Å². The van der Waals surface area contributed by atoms with Crippen molar-refractivity contribution in [3.05, 3.63) is 83.9 Å². The Bertz CT molecular complexity index is 1070. The zero-order chi connectivity index (χ0) is 23.5. The molecule has 0 unspecified atom stereocenters. The van der Waals surface area contributed by atoms with E-state index in [0.29, 0.717) is 43.4 Å². The molecule has 0 aliphatic heterocycles. The highest BCUT2D eigenvalue weighted by atomic mass is 16.5. The first-order valence-corrected chi connectivity index (χ1v) is 10.8. The molecule has 0 fully saturated rings. The highest BCUT2D eigenvalue weighted by molar-refractivity contribution is 6.05. The summed E-state index contributed by atoms with van der Waals surface area (Å²) in [6, 6.07) is 21.1. The Hall–Kier alpha value is -4.00. The van der Waals surface area contributed by atoms with Gasteiger partial charge in [0.15, 0.2) is 11.5 Å². The van der Waals surface area contributed by atoms with Gasteiger partial charge in [-0.3, -0.25) is 9.59 Å². The van der Waals surface area contributed by atoms with Gasteiger partial charge in [0, 0.05) is 12.0 Å². The number of rotatable bonds is 11. The Morgan fingerprint density at radius 3 is 2.42 bits per heavy atom. The summed E-state index contributed by atoms with van der Waals surface area (Å²) in [6.45, 7) is 2.73. The van der Waals surface area contributed by atoms with Crippen LogP contribution >= 0.6 is 0 Å². The minimum Gasteiger partial charge on any atom is -0.504 e. The molecule has 33 heavy (non-hydrogen) atoms. The molecule has 7 nitrogen and oxygen atoms in total. The molecule has 3 aromatic carbocycles. The van der Waals surface area contributed by atoms with Gasteiger partial charge in [0.05, 0.1) is 18.9 Å². The molecule has 0 saturated carbocycles. The van der Waals surface area contributed by atoms with E-state index < -0.39 is 5.91 Å². The van der Waals surface area contributed by atoms with Crippen LogP contribution in [-0.4, -0.2) is 30.2 Å². The smallest absolute Gasteiger partial charge is 0.305 e. The number of carbonyl (C=O) groups is 2. The maximum absolute atomic E-state index is 12.7. The number of nitrogens with one attached hydrogen (secondary N) is 1. The molecule has 0 aliphatic rings. The number of phenols is 1. The molecule has 0 saturated heterocycles. The van der Waals surface area contributed by atoms with Gasteiger partial charge in [-0.25, -0.2) is 0 Å². The third kappa shape index (κ3) is 7.28. The molecule has 3 aromatic rings. The summed E-state index contributed by atoms with van der Waals surface area (Å²) < 4.78 is 16.3. The fourth-order valence-electron chi connectivity index (χ4n) is 3.04. The van der Waals surface area contributed by atoms with Crippen LogP contribution in [0.3, 0.4) is 0 Å². The van der Waals surface area contributed by atoms with Gasteiger partial charge < -0.3 is 24.6 Å². The zero-order valence-electron chi connectivity index (χ0n) is 18.5. The van der Waals surface area contributed by atoms with Gasteiger partial charge in [0.2, 0.25) is 0 Å². The largest absolute Gasteiger partial charge is 0.504 e. The highest BCUT2D eigenvalue weighted by Gasteiger charge is 2.13. The number of benzene rings is 3. The van der Waals surface area contributed by atoms with Crippen LogP contribution in [0.5, 0.6) is 17.2 Å². The molecule has 7 heteroatoms. The Morgan fingerprint density at radius 1 is 0.909 bits per heavy atom. The third-order valence-corrected chi connectivity index (χ3v) is 4.68. The van der Waals surface area contributed by atoms with Crippen molar-refractivity contribution in [2.75, 3.05) is 18.5 Å². The van der Waals surface area contributed by atoms with E-state index in [0.717, 1.165) is 5.56 Å². The monoisotopic (exact) mass is 449 g/mol. The number of carbonyl (C=O) groups excluding carboxylic acids is 2. The number of esters is 1. The fourth-order valence-corrected chi connectivity index (χ4v) is 3.04. The number of anilines is 1. The van der Waals surface area contributed by atoms with Crippen LogP contribution in [0.15, 0.2) is 72.8 Å². The number of amides is 1. The van der Waals surface area contributed by atoms with E-state index in [9.17, 15) is 14.7 Å². The van der Waals surface area contributed by atoms with E-state index in [1.807, 2.05) is 30.3 Å². The SMILES string of the molecule is CCOC(=O)CCCOc1ccccc1NC(=O)c1ccc(OCc2ccccc2)c(O)c1. The molecule has 0 atom stereocenters. The molecule has 0 spiro atoms. The van der Waals surface area contributed by atoms with Crippen molar-refractivity contribution in [3.63, 3.8) is 0 Å². The lowest BCUT2D eigenvalue weighted by Gasteiger charge is -2.13. The molecule has 2 N–H and O–H groups in total. The predicted octanol–water partition coefficient (Wildman–Crippen LogP) is 4.95. The summed E-state index contributed by atoms with van der Waals surface area (Å²) >= 11 is 0. The van der Waals surface area contributed by atoms with Crippen molar-refractivity contribution in [1.29, 1.82) is 0 Å². The van der Waals surface area contributed by atoms with Crippen molar-refractivity contribution >= 4 is 17.6 Å². The van der Waals surface area contributed by atoms with E-state index in [2.05, 4.69) is 5.32 Å². The molecular formula is C26H27NO6. The van der Waals surface area contributed by atoms with Gasteiger partial charge in [0.1, 0.15) is 12.4 Å². The normalized spacial score (nSPS) is 10.3. The third-order valence-electron chi connectivity index (χ3n) is 4.68. The average molecular weight is 450 g/mol. The quantitative estimate of drug-likeness (QED) is 0.318. The number of ether oxygens (including phenoxy) is 3. The first kappa shape index (κ1) is 23.7. The van der Waals surface area contributed by atoms with Crippen LogP contribution in [0, 0.1) is 0 Å². The molecule has 0 bridgehead atoms. The molecule has 0 heterocycles. The van der Waals surface area contributed by atoms with Gasteiger partial charge in [-0.1, -0.05) is 42.5 Å². The Kier molecular flexibility index (Phi) is 8.71. The van der Waals surface area contributed by atoms with Gasteiger partial charge in [-0.15, -0.1) is 0 Å². The summed E-state index contributed by atoms with van der Waals surface area (Å²) in [4.78, 5) is 24.1. The van der Waals surface area contributed by atoms with Crippen LogP contribution in [-0.2, 0) is 16.1 Å². The molecule has 172 valence electrons. The van der Waals surface area contributed by atoms with Crippen molar-refractivity contribution < 1.29 is 28.9 Å². The van der Waals surface area contributed by atoms with E-state index in [-0.39, 0.29) is 23.7 Å². The van der Waals surface area contributed by atoms with Crippen LogP contribution in [0.1, 0.15) is 35.7 Å². The van der Waals surface area contributed by atoms with E-state index in [1.54, 1.807) is 43.3 Å². The molecule has 1 amide bonds. The average Bonchev–Trinajstić information content (AvgIpc) is 2.83. The second-order valence-corrected chi connectivity index (χ2v) is 7.16. The standard InChI is InChI=1S/C26H27NO6/c1-2-31-25(29)13-8-16-32-23-12-7-6-11-21(23)27-26(30)20-14-15-24(22(28)17-20)33-18-19-9-4-3-5-10-19/h3-7,9-12,14-15,17,28H,2,8,13,16,18H2,1H3,(H,27,30). The zero-order valence-corrected chi connectivity index (χ0v) is 18.5. The van der Waals surface area contributed by atoms with Crippen LogP contribution in [0.25, 0.3) is 0 Å². The summed E-state index contributed by atoms with van der Waals surface area (Å²) in [5.41, 5.74) is 1.73. The fraction of sp³-hybridized carbons (Fsp3) is 0.231. The van der Waals surface area contributed by atoms with Crippen LogP contribution < -0.4 is 14.8 Å². The van der Waals surface area contributed by atoms with Gasteiger partial charge in [-0.2, -0.15) is 0 Å². The molecule has 0 aromatic heterocycles. The number of hydrogen-bond donors (Lipinski definition) is 2. The number of aromatic hydroxyl groups is 1. The van der Waals surface area contributed by atoms with Crippen LogP contribution in [0.4, 0.5) is 5.69 Å². The first-order valence-electron chi connectivity index (χ1n) is 10.8. The first-order chi connectivity index (χ1) is 16.1. The molecule has 0 radical (unpaired) electrons. The number of para-hydroxylation sites is 2. The molecular weight excluding hydrogens is 422 g/mol. The van der Waals surface area contributed by atoms with Crippen molar-refractivity contribution in [2.45, 2.75) is 26.4 Å². The minimum absolute atomic E-state index is 0.123. The second-order valence-electron chi connectivity index (χ2n) is 7.16. The lowest BCUT2D eigenvalue weighted by Crippen LogP contribution is -2.13. The van der Waals surface area contributed by atoms with Crippen molar-refractivity contribution in [3.8, 4) is 17.2 Å². The van der Waals surface area contributed by atoms with E-state index >= 15 is 0 Å². The summed E-state index contributed by atoms with van der Waals surface area (Å²) in [5.74, 6) is -0.00858. The summed E-state index contributed by atoms with van der Waals surface area (Å²) in [5, 5.41) is 13.1. The lowest BCUT2D eigenvalue weighted by molar-refractivity contribution is -0.143. The van der Waals surface area contributed by atoms with Gasteiger partial charge in [0.25, 0.3) is 5.91 Å². The molecule has 0 aliphatic carbocycles. The number of phenolic OH excluding ortho intramolecular Hbond substituents is 1. The minimum atomic E-state index is -0.400. The number of hydrogen-bond acceptors (Lipinski definition) is 6. The van der Waals surface area contributed by atoms with Crippen molar-refractivity contribution in [1.82, 2.24) is 0 Å². The maximum Gasteiger partial charge on any atom is 0.305 e. The predicted molar refractivity (Wildman–Crippen MR) is 125 cm³/mol. The topological polar surface area (TPSA) is 94.1 Å². The second kappa shape index (κ2) is 12.1. The van der Waals surface area contributed by atoms with E-state index in [4.69, 9.17) is 14.2 Å². The summed E-state index contributed by atoms with van der Waals surface area (Å²) in [6.07, 6.45) is 0.764. The Labute approximate surface area is 192 Å². The van der Waals surface area contributed by atoms with Crippen molar-refractivity contribution in [2.24, 2.45) is 0 Å². The maximum atomic E-state index is 12.7. The van der Waals surface area contributed by atoms with Crippen LogP contribution in [0.2, 0.25) is 0 Å². The Balaban J connectivity index is 1.57. The summed E-state index contributed by atoms with van der Waals surface area (Å²) in [7, 11) is 0. The molecule has 3 rings (SSSR count). The van der Waals surface area contributed by atoms with Gasteiger partial charge in [-0.05, 0) is 49.2 Å². The Morgan fingerprint density at radius 2 is 1.67 bits per heavy atom. The van der Waals surface area contributed by atoms with Gasteiger partial charge >= 0.3 is 5.97 Å². The lowest BCUT2D eigenvalue weighted by atomic mass is 10.1. The highest BCUT2D eigenvalue weighted by Crippen LogP contribution is 2.29.